The molecule has 0 amide bonds. The molecule has 0 bridgehead atoms. The van der Waals surface area contributed by atoms with Crippen LogP contribution in [0.5, 0.6) is 0 Å². The van der Waals surface area contributed by atoms with Crippen molar-refractivity contribution in [3.8, 4) is 0 Å². The van der Waals surface area contributed by atoms with E-state index in [4.69, 9.17) is 5.73 Å². The first kappa shape index (κ1) is 14.6. The van der Waals surface area contributed by atoms with Crippen LogP contribution in [0, 0.1) is 11.6 Å². The molecule has 0 saturated heterocycles. The summed E-state index contributed by atoms with van der Waals surface area (Å²) in [5.74, 6) is -2.17. The summed E-state index contributed by atoms with van der Waals surface area (Å²) in [5.41, 5.74) is 6.68. The largest absolute Gasteiger partial charge is 0.326 e. The molecule has 2 rings (SSSR count). The zero-order chi connectivity index (χ0) is 14.8. The van der Waals surface area contributed by atoms with Gasteiger partial charge >= 0.3 is 0 Å². The maximum atomic E-state index is 13.6. The molecule has 2 N–H and O–H groups in total. The van der Waals surface area contributed by atoms with Crippen molar-refractivity contribution in [2.75, 3.05) is 0 Å². The minimum atomic E-state index is -3.97. The number of rotatable bonds is 4. The number of benzene rings is 2. The van der Waals surface area contributed by atoms with Gasteiger partial charge in [0.25, 0.3) is 0 Å². The topological polar surface area (TPSA) is 60.2 Å². The Kier molecular flexibility index (Phi) is 4.15. The molecule has 0 fully saturated rings. The quantitative estimate of drug-likeness (QED) is 0.942. The molecule has 0 aliphatic heterocycles. The van der Waals surface area contributed by atoms with E-state index in [1.807, 2.05) is 0 Å². The number of nitrogens with two attached hydrogens (primary N) is 1. The summed E-state index contributed by atoms with van der Waals surface area (Å²) in [4.78, 5) is -0.635. The number of hydrogen-bond donors (Lipinski definition) is 1. The van der Waals surface area contributed by atoms with Crippen LogP contribution in [0.25, 0.3) is 0 Å². The first-order valence-electron chi connectivity index (χ1n) is 5.88. The van der Waals surface area contributed by atoms with E-state index in [0.29, 0.717) is 17.2 Å². The molecule has 0 radical (unpaired) electrons. The van der Waals surface area contributed by atoms with Crippen LogP contribution in [0.1, 0.15) is 11.1 Å². The highest BCUT2D eigenvalue weighted by atomic mass is 32.2. The monoisotopic (exact) mass is 297 g/mol. The van der Waals surface area contributed by atoms with Crippen LogP contribution in [0.3, 0.4) is 0 Å². The smallest absolute Gasteiger partial charge is 0.185 e. The summed E-state index contributed by atoms with van der Waals surface area (Å²) < 4.78 is 51.1. The van der Waals surface area contributed by atoms with Crippen LogP contribution in [0.15, 0.2) is 47.4 Å². The summed E-state index contributed by atoms with van der Waals surface area (Å²) in [6, 6.07) is 9.09. The fourth-order valence-electron chi connectivity index (χ4n) is 1.90. The number of sulfone groups is 1. The van der Waals surface area contributed by atoms with E-state index in [0.717, 1.165) is 12.1 Å². The predicted molar refractivity (Wildman–Crippen MR) is 71.6 cm³/mol. The van der Waals surface area contributed by atoms with Crippen molar-refractivity contribution in [1.29, 1.82) is 0 Å². The molecule has 0 heterocycles. The van der Waals surface area contributed by atoms with E-state index in [2.05, 4.69) is 0 Å². The van der Waals surface area contributed by atoms with Gasteiger partial charge < -0.3 is 5.73 Å². The maximum absolute atomic E-state index is 13.6. The minimum absolute atomic E-state index is 0.178. The summed E-state index contributed by atoms with van der Waals surface area (Å²) in [6.07, 6.45) is 0. The summed E-state index contributed by atoms with van der Waals surface area (Å²) in [7, 11) is -3.97. The standard InChI is InChI=1S/C14H13F2NO2S/c15-12-5-6-13(16)14(7-12)20(18,19)9-11-4-2-1-3-10(11)8-17/h1-7H,8-9,17H2. The van der Waals surface area contributed by atoms with Gasteiger partial charge in [-0.15, -0.1) is 0 Å². The van der Waals surface area contributed by atoms with Crippen LogP contribution in [0.2, 0.25) is 0 Å². The molecule has 106 valence electrons. The third-order valence-corrected chi connectivity index (χ3v) is 4.59. The Morgan fingerprint density at radius 1 is 1.00 bits per heavy atom. The molecule has 0 aromatic heterocycles. The molecule has 0 atom stereocenters. The van der Waals surface area contributed by atoms with Gasteiger partial charge in [0.15, 0.2) is 9.84 Å². The van der Waals surface area contributed by atoms with Crippen molar-refractivity contribution in [1.82, 2.24) is 0 Å². The van der Waals surface area contributed by atoms with Gasteiger partial charge in [-0.25, -0.2) is 17.2 Å². The van der Waals surface area contributed by atoms with Crippen molar-refractivity contribution in [3.05, 3.63) is 65.2 Å². The van der Waals surface area contributed by atoms with Crippen molar-refractivity contribution in [2.45, 2.75) is 17.2 Å². The summed E-state index contributed by atoms with van der Waals surface area (Å²) in [6.45, 7) is 0.178. The molecular weight excluding hydrogens is 284 g/mol. The molecule has 0 spiro atoms. The highest BCUT2D eigenvalue weighted by molar-refractivity contribution is 7.90. The minimum Gasteiger partial charge on any atom is -0.326 e. The van der Waals surface area contributed by atoms with E-state index < -0.39 is 32.1 Å². The molecule has 2 aromatic rings. The highest BCUT2D eigenvalue weighted by Crippen LogP contribution is 2.22. The number of halogens is 2. The lowest BCUT2D eigenvalue weighted by Crippen LogP contribution is -2.10. The van der Waals surface area contributed by atoms with Crippen LogP contribution in [0.4, 0.5) is 8.78 Å². The lowest BCUT2D eigenvalue weighted by atomic mass is 10.1. The van der Waals surface area contributed by atoms with E-state index in [1.54, 1.807) is 24.3 Å². The fourth-order valence-corrected chi connectivity index (χ4v) is 3.40. The van der Waals surface area contributed by atoms with E-state index >= 15 is 0 Å². The highest BCUT2D eigenvalue weighted by Gasteiger charge is 2.21. The second-order valence-corrected chi connectivity index (χ2v) is 6.26. The van der Waals surface area contributed by atoms with Gasteiger partial charge in [-0.3, -0.25) is 0 Å². The molecule has 2 aromatic carbocycles. The Balaban J connectivity index is 2.43. The Hall–Kier alpha value is -1.79. The zero-order valence-electron chi connectivity index (χ0n) is 10.5. The van der Waals surface area contributed by atoms with Crippen LogP contribution in [-0.4, -0.2) is 8.42 Å². The Bertz CT molecular complexity index is 730. The third kappa shape index (κ3) is 3.02. The normalized spacial score (nSPS) is 11.6. The van der Waals surface area contributed by atoms with Crippen LogP contribution in [-0.2, 0) is 22.1 Å². The lowest BCUT2D eigenvalue weighted by molar-refractivity contribution is 0.552. The second-order valence-electron chi connectivity index (χ2n) is 4.31. The summed E-state index contributed by atoms with van der Waals surface area (Å²) >= 11 is 0. The van der Waals surface area contributed by atoms with E-state index in [-0.39, 0.29) is 6.54 Å². The predicted octanol–water partition coefficient (Wildman–Crippen LogP) is 2.40. The molecule has 20 heavy (non-hydrogen) atoms. The summed E-state index contributed by atoms with van der Waals surface area (Å²) in [5, 5.41) is 0. The SMILES string of the molecule is NCc1ccccc1CS(=O)(=O)c1cc(F)ccc1F. The van der Waals surface area contributed by atoms with Gasteiger partial charge in [0, 0.05) is 6.54 Å². The van der Waals surface area contributed by atoms with E-state index in [9.17, 15) is 17.2 Å². The molecule has 0 aliphatic carbocycles. The first-order chi connectivity index (χ1) is 9.44. The van der Waals surface area contributed by atoms with Crippen LogP contribution < -0.4 is 5.73 Å². The molecular formula is C14H13F2NO2S. The average Bonchev–Trinajstić information content (AvgIpc) is 2.41. The Morgan fingerprint density at radius 2 is 1.65 bits per heavy atom. The molecule has 3 nitrogen and oxygen atoms in total. The molecule has 0 unspecified atom stereocenters. The van der Waals surface area contributed by atoms with Crippen molar-refractivity contribution < 1.29 is 17.2 Å². The first-order valence-corrected chi connectivity index (χ1v) is 7.54. The van der Waals surface area contributed by atoms with Crippen molar-refractivity contribution in [2.24, 2.45) is 5.73 Å². The molecule has 0 saturated carbocycles. The van der Waals surface area contributed by atoms with Gasteiger partial charge in [-0.05, 0) is 29.3 Å². The van der Waals surface area contributed by atoms with Gasteiger partial charge in [-0.2, -0.15) is 0 Å². The van der Waals surface area contributed by atoms with Crippen LogP contribution >= 0.6 is 0 Å². The van der Waals surface area contributed by atoms with E-state index in [1.165, 1.54) is 0 Å². The molecule has 0 aliphatic rings. The van der Waals surface area contributed by atoms with Gasteiger partial charge in [0.2, 0.25) is 0 Å². The molecule has 6 heteroatoms. The zero-order valence-corrected chi connectivity index (χ0v) is 11.3. The second kappa shape index (κ2) is 5.68. The maximum Gasteiger partial charge on any atom is 0.185 e. The Labute approximate surface area is 116 Å². The number of hydrogen-bond acceptors (Lipinski definition) is 3. The Morgan fingerprint density at radius 3 is 2.30 bits per heavy atom. The fraction of sp³-hybridized carbons (Fsp3) is 0.143. The lowest BCUT2D eigenvalue weighted by Gasteiger charge is -2.09. The van der Waals surface area contributed by atoms with Gasteiger partial charge in [-0.1, -0.05) is 24.3 Å². The van der Waals surface area contributed by atoms with Gasteiger partial charge in [0.1, 0.15) is 16.5 Å². The van der Waals surface area contributed by atoms with Gasteiger partial charge in [0.05, 0.1) is 5.75 Å². The van der Waals surface area contributed by atoms with Crippen molar-refractivity contribution in [3.63, 3.8) is 0 Å². The van der Waals surface area contributed by atoms with Crippen molar-refractivity contribution >= 4 is 9.84 Å². The average molecular weight is 297 g/mol. The third-order valence-electron chi connectivity index (χ3n) is 2.91.